The summed E-state index contributed by atoms with van der Waals surface area (Å²) in [6.45, 7) is 4.66. The minimum atomic E-state index is -0.197. The van der Waals surface area contributed by atoms with E-state index in [0.717, 1.165) is 41.4 Å². The van der Waals surface area contributed by atoms with Crippen LogP contribution < -0.4 is 10.2 Å². The fourth-order valence-electron chi connectivity index (χ4n) is 5.24. The molecule has 0 saturated heterocycles. The number of ether oxygens (including phenoxy) is 1. The molecule has 1 saturated carbocycles. The van der Waals surface area contributed by atoms with Crippen LogP contribution in [0, 0.1) is 5.92 Å². The Morgan fingerprint density at radius 1 is 1.00 bits per heavy atom. The molecule has 7 heteroatoms. The molecule has 1 aliphatic carbocycles. The van der Waals surface area contributed by atoms with Crippen molar-refractivity contribution in [3.63, 3.8) is 0 Å². The highest BCUT2D eigenvalue weighted by molar-refractivity contribution is 6.01. The highest BCUT2D eigenvalue weighted by atomic mass is 16.5. The summed E-state index contributed by atoms with van der Waals surface area (Å²) < 4.78 is 6.69. The summed E-state index contributed by atoms with van der Waals surface area (Å²) in [5.74, 6) is -0.535. The monoisotopic (exact) mass is 489 g/mol. The van der Waals surface area contributed by atoms with Gasteiger partial charge in [0.2, 0.25) is 5.91 Å². The van der Waals surface area contributed by atoms with Crippen LogP contribution in [0.5, 0.6) is 0 Å². The number of aryl methyl sites for hydroxylation is 1. The number of nitrogens with zero attached hydrogens (tertiary/aromatic N) is 2. The Kier molecular flexibility index (Phi) is 8.08. The van der Waals surface area contributed by atoms with E-state index in [1.54, 1.807) is 4.90 Å². The molecule has 2 aromatic carbocycles. The Morgan fingerprint density at radius 3 is 2.39 bits per heavy atom. The summed E-state index contributed by atoms with van der Waals surface area (Å²) in [5, 5.41) is 4.06. The maximum absolute atomic E-state index is 13.6. The number of esters is 1. The van der Waals surface area contributed by atoms with E-state index >= 15 is 0 Å². The Labute approximate surface area is 212 Å². The van der Waals surface area contributed by atoms with Gasteiger partial charge in [0.15, 0.2) is 0 Å². The molecular weight excluding hydrogens is 454 g/mol. The van der Waals surface area contributed by atoms with Crippen molar-refractivity contribution in [3.8, 4) is 0 Å². The van der Waals surface area contributed by atoms with Crippen molar-refractivity contribution in [1.82, 2.24) is 9.88 Å². The average molecular weight is 490 g/mol. The number of amides is 2. The largest absolute Gasteiger partial charge is 0.469 e. The molecule has 1 aromatic heterocycles. The van der Waals surface area contributed by atoms with Crippen LogP contribution >= 0.6 is 0 Å². The Bertz CT molecular complexity index is 1240. The van der Waals surface area contributed by atoms with Crippen LogP contribution in [-0.2, 0) is 27.3 Å². The molecule has 0 bridgehead atoms. The molecule has 2 amide bonds. The molecule has 4 rings (SSSR count). The quantitative estimate of drug-likeness (QED) is 0.465. The van der Waals surface area contributed by atoms with Gasteiger partial charge < -0.3 is 19.5 Å². The van der Waals surface area contributed by atoms with E-state index < -0.39 is 0 Å². The summed E-state index contributed by atoms with van der Waals surface area (Å²) in [7, 11) is 1.41. The van der Waals surface area contributed by atoms with Gasteiger partial charge in [0.05, 0.1) is 13.0 Å². The van der Waals surface area contributed by atoms with Gasteiger partial charge in [-0.1, -0.05) is 43.3 Å². The number of methoxy groups -OCH3 is 1. The van der Waals surface area contributed by atoms with Crippen molar-refractivity contribution in [2.75, 3.05) is 18.6 Å². The van der Waals surface area contributed by atoms with Crippen LogP contribution in [-0.4, -0.2) is 42.0 Å². The van der Waals surface area contributed by atoms with Gasteiger partial charge in [-0.2, -0.15) is 0 Å². The minimum Gasteiger partial charge on any atom is -0.469 e. The van der Waals surface area contributed by atoms with E-state index in [9.17, 15) is 14.4 Å². The molecule has 36 heavy (non-hydrogen) atoms. The van der Waals surface area contributed by atoms with Crippen LogP contribution in [0.2, 0.25) is 0 Å². The van der Waals surface area contributed by atoms with Crippen LogP contribution in [0.15, 0.2) is 54.6 Å². The van der Waals surface area contributed by atoms with Crippen molar-refractivity contribution >= 4 is 34.4 Å². The van der Waals surface area contributed by atoms with E-state index in [1.807, 2.05) is 66.1 Å². The number of likely N-dealkylation sites (N-methyl/N-ethyl adjacent to an activating group) is 1. The SMILES string of the molecule is CCc1ccccc1N(CC)C(=O)Cn1c(C(=O)N[C@H]2CC[C@H](C(=O)OC)CC2)cc2ccccc21. The minimum absolute atomic E-state index is 0.0101. The first kappa shape index (κ1) is 25.5. The normalized spacial score (nSPS) is 17.5. The summed E-state index contributed by atoms with van der Waals surface area (Å²) in [6, 6.07) is 17.6. The predicted octanol–water partition coefficient (Wildman–Crippen LogP) is 4.72. The first-order chi connectivity index (χ1) is 17.5. The van der Waals surface area contributed by atoms with Crippen LogP contribution in [0.3, 0.4) is 0 Å². The molecule has 1 N–H and O–H groups in total. The summed E-state index contributed by atoms with van der Waals surface area (Å²) in [5.41, 5.74) is 3.35. The van der Waals surface area contributed by atoms with E-state index in [0.29, 0.717) is 25.1 Å². The smallest absolute Gasteiger partial charge is 0.308 e. The zero-order chi connectivity index (χ0) is 25.7. The van der Waals surface area contributed by atoms with E-state index in [1.165, 1.54) is 7.11 Å². The highest BCUT2D eigenvalue weighted by Crippen LogP contribution is 2.27. The van der Waals surface area contributed by atoms with Gasteiger partial charge in [0.25, 0.3) is 5.91 Å². The second kappa shape index (κ2) is 11.4. The Morgan fingerprint density at radius 2 is 1.69 bits per heavy atom. The fourth-order valence-corrected chi connectivity index (χ4v) is 5.24. The maximum atomic E-state index is 13.6. The molecule has 0 aliphatic heterocycles. The van der Waals surface area contributed by atoms with Gasteiger partial charge in [0, 0.05) is 29.2 Å². The number of benzene rings is 2. The summed E-state index contributed by atoms with van der Waals surface area (Å²) in [6.07, 6.45) is 3.67. The first-order valence-corrected chi connectivity index (χ1v) is 12.8. The molecule has 0 spiro atoms. The molecule has 1 aliphatic rings. The van der Waals surface area contributed by atoms with Crippen molar-refractivity contribution < 1.29 is 19.1 Å². The predicted molar refractivity (Wildman–Crippen MR) is 141 cm³/mol. The van der Waals surface area contributed by atoms with Gasteiger partial charge in [-0.05, 0) is 62.8 Å². The third-order valence-electron chi connectivity index (χ3n) is 7.21. The molecule has 3 aromatic rings. The molecule has 190 valence electrons. The molecule has 0 atom stereocenters. The molecule has 1 fully saturated rings. The third kappa shape index (κ3) is 5.30. The van der Waals surface area contributed by atoms with E-state index in [4.69, 9.17) is 4.74 Å². The number of anilines is 1. The number of hydrogen-bond donors (Lipinski definition) is 1. The molecule has 0 unspecified atom stereocenters. The topological polar surface area (TPSA) is 80.6 Å². The summed E-state index contributed by atoms with van der Waals surface area (Å²) in [4.78, 5) is 40.6. The van der Waals surface area contributed by atoms with E-state index in [2.05, 4.69) is 12.2 Å². The van der Waals surface area contributed by atoms with Gasteiger partial charge in [-0.25, -0.2) is 0 Å². The lowest BCUT2D eigenvalue weighted by molar-refractivity contribution is -0.146. The second-order valence-electron chi connectivity index (χ2n) is 9.34. The lowest BCUT2D eigenvalue weighted by Gasteiger charge is -2.28. The van der Waals surface area contributed by atoms with Crippen molar-refractivity contribution in [3.05, 3.63) is 65.9 Å². The lowest BCUT2D eigenvalue weighted by atomic mass is 9.86. The fraction of sp³-hybridized carbons (Fsp3) is 0.414. The maximum Gasteiger partial charge on any atom is 0.308 e. The number of carbonyl (C=O) groups excluding carboxylic acids is 3. The number of fused-ring (bicyclic) bond motifs is 1. The third-order valence-corrected chi connectivity index (χ3v) is 7.21. The number of nitrogens with one attached hydrogen (secondary N) is 1. The molecular formula is C29H35N3O4. The molecule has 1 heterocycles. The number of carbonyl (C=O) groups is 3. The summed E-state index contributed by atoms with van der Waals surface area (Å²) >= 11 is 0. The van der Waals surface area contributed by atoms with Gasteiger partial charge in [-0.15, -0.1) is 0 Å². The number of hydrogen-bond acceptors (Lipinski definition) is 4. The van der Waals surface area contributed by atoms with Crippen molar-refractivity contribution in [1.29, 1.82) is 0 Å². The van der Waals surface area contributed by atoms with Crippen LogP contribution in [0.25, 0.3) is 10.9 Å². The van der Waals surface area contributed by atoms with Crippen molar-refractivity contribution in [2.24, 2.45) is 5.92 Å². The Hall–Kier alpha value is -3.61. The average Bonchev–Trinajstić information content (AvgIpc) is 3.27. The number of para-hydroxylation sites is 2. The van der Waals surface area contributed by atoms with Crippen LogP contribution in [0.1, 0.15) is 55.6 Å². The second-order valence-corrected chi connectivity index (χ2v) is 9.34. The number of aromatic nitrogens is 1. The van der Waals surface area contributed by atoms with Crippen molar-refractivity contribution in [2.45, 2.75) is 58.5 Å². The molecule has 7 nitrogen and oxygen atoms in total. The molecule has 0 radical (unpaired) electrons. The highest BCUT2D eigenvalue weighted by Gasteiger charge is 2.29. The first-order valence-electron chi connectivity index (χ1n) is 12.8. The Balaban J connectivity index is 1.56. The van der Waals surface area contributed by atoms with Crippen LogP contribution in [0.4, 0.5) is 5.69 Å². The standard InChI is InChI=1S/C29H35N3O4/c1-4-20-10-6-8-12-24(20)31(5-2)27(33)19-32-25-13-9-7-11-22(25)18-26(32)28(34)30-23-16-14-21(15-17-23)29(35)36-3/h6-13,18,21,23H,4-5,14-17,19H2,1-3H3,(H,30,34)/t21-,23-. The number of rotatable bonds is 8. The van der Waals surface area contributed by atoms with Gasteiger partial charge in [-0.3, -0.25) is 14.4 Å². The lowest BCUT2D eigenvalue weighted by Crippen LogP contribution is -2.40. The zero-order valence-corrected chi connectivity index (χ0v) is 21.3. The zero-order valence-electron chi connectivity index (χ0n) is 21.3. The van der Waals surface area contributed by atoms with E-state index in [-0.39, 0.29) is 36.3 Å². The van der Waals surface area contributed by atoms with Gasteiger partial charge in [0.1, 0.15) is 12.2 Å². The van der Waals surface area contributed by atoms with Gasteiger partial charge >= 0.3 is 5.97 Å².